The van der Waals surface area contributed by atoms with Gasteiger partial charge in [0.25, 0.3) is 0 Å². The van der Waals surface area contributed by atoms with E-state index in [0.717, 1.165) is 13.0 Å². The van der Waals surface area contributed by atoms with Crippen LogP contribution in [-0.4, -0.2) is 12.7 Å². The first kappa shape index (κ1) is 6.81. The molecule has 9 heavy (non-hydrogen) atoms. The summed E-state index contributed by atoms with van der Waals surface area (Å²) in [5.41, 5.74) is 1.25. The maximum atomic E-state index is 5.36. The van der Waals surface area contributed by atoms with Crippen molar-refractivity contribution in [2.24, 2.45) is 5.92 Å². The fourth-order valence-electron chi connectivity index (χ4n) is 1.11. The summed E-state index contributed by atoms with van der Waals surface area (Å²) in [4.78, 5) is 0. The van der Waals surface area contributed by atoms with Crippen LogP contribution in [0, 0.1) is 5.92 Å². The largest absolute Gasteiger partial charge is 0.374 e. The Labute approximate surface area is 56.7 Å². The van der Waals surface area contributed by atoms with Gasteiger partial charge in [-0.3, -0.25) is 0 Å². The van der Waals surface area contributed by atoms with E-state index in [4.69, 9.17) is 4.74 Å². The predicted octanol–water partition coefficient (Wildman–Crippen LogP) is 1.99. The fraction of sp³-hybridized carbons (Fsp3) is 0.750. The Morgan fingerprint density at radius 2 is 2.22 bits per heavy atom. The summed E-state index contributed by atoms with van der Waals surface area (Å²) in [5, 5.41) is 0. The molecule has 1 aliphatic heterocycles. The zero-order valence-corrected chi connectivity index (χ0v) is 6.18. The molecule has 0 amide bonds. The molecule has 0 saturated carbocycles. The van der Waals surface area contributed by atoms with E-state index in [0.29, 0.717) is 5.92 Å². The molecule has 0 bridgehead atoms. The van der Waals surface area contributed by atoms with E-state index in [1.54, 1.807) is 0 Å². The van der Waals surface area contributed by atoms with Gasteiger partial charge in [0.2, 0.25) is 0 Å². The minimum absolute atomic E-state index is 0.286. The third kappa shape index (κ3) is 1.33. The second-order valence-corrected chi connectivity index (χ2v) is 2.78. The molecule has 0 spiro atoms. The number of hydrogen-bond donors (Lipinski definition) is 0. The van der Waals surface area contributed by atoms with Crippen molar-refractivity contribution in [3.63, 3.8) is 0 Å². The highest BCUT2D eigenvalue weighted by Gasteiger charge is 2.18. The molecular formula is C8H14O. The summed E-state index contributed by atoms with van der Waals surface area (Å²) < 4.78 is 5.36. The molecule has 0 radical (unpaired) electrons. The summed E-state index contributed by atoms with van der Waals surface area (Å²) in [6.45, 7) is 9.13. The minimum Gasteiger partial charge on any atom is -0.374 e. The van der Waals surface area contributed by atoms with E-state index >= 15 is 0 Å². The Kier molecular flexibility index (Phi) is 1.91. The summed E-state index contributed by atoms with van der Waals surface area (Å²) in [6.07, 6.45) is 1.43. The zero-order valence-electron chi connectivity index (χ0n) is 6.18. The average Bonchev–Trinajstić information content (AvgIpc) is 1.83. The topological polar surface area (TPSA) is 9.23 Å². The van der Waals surface area contributed by atoms with Gasteiger partial charge >= 0.3 is 0 Å². The van der Waals surface area contributed by atoms with Gasteiger partial charge in [0.05, 0.1) is 6.10 Å². The Bertz CT molecular complexity index is 106. The van der Waals surface area contributed by atoms with Crippen LogP contribution in [0.1, 0.15) is 20.3 Å². The smallest absolute Gasteiger partial charge is 0.0756 e. The quantitative estimate of drug-likeness (QED) is 0.451. The lowest BCUT2D eigenvalue weighted by Gasteiger charge is -2.27. The van der Waals surface area contributed by atoms with Crippen molar-refractivity contribution >= 4 is 0 Å². The van der Waals surface area contributed by atoms with Crippen molar-refractivity contribution in [2.45, 2.75) is 26.4 Å². The number of hydrogen-bond acceptors (Lipinski definition) is 1. The first-order chi connectivity index (χ1) is 4.22. The molecule has 0 aromatic rings. The van der Waals surface area contributed by atoms with Gasteiger partial charge in [-0.05, 0) is 24.8 Å². The molecule has 0 aliphatic carbocycles. The minimum atomic E-state index is 0.286. The van der Waals surface area contributed by atoms with Gasteiger partial charge in [0.15, 0.2) is 0 Å². The van der Waals surface area contributed by atoms with Crippen LogP contribution in [0.15, 0.2) is 12.2 Å². The third-order valence-electron chi connectivity index (χ3n) is 2.07. The Morgan fingerprint density at radius 3 is 2.67 bits per heavy atom. The average molecular weight is 126 g/mol. The van der Waals surface area contributed by atoms with Gasteiger partial charge in [-0.25, -0.2) is 0 Å². The lowest BCUT2D eigenvalue weighted by molar-refractivity contribution is 0.0494. The molecule has 1 heteroatoms. The van der Waals surface area contributed by atoms with E-state index in [2.05, 4.69) is 20.4 Å². The second-order valence-electron chi connectivity index (χ2n) is 2.78. The van der Waals surface area contributed by atoms with Gasteiger partial charge in [-0.1, -0.05) is 13.5 Å². The molecule has 0 N–H and O–H groups in total. The Hall–Kier alpha value is -0.300. The molecule has 1 rings (SSSR count). The van der Waals surface area contributed by atoms with Crippen molar-refractivity contribution in [3.8, 4) is 0 Å². The molecule has 0 unspecified atom stereocenters. The maximum Gasteiger partial charge on any atom is 0.0756 e. The number of ether oxygens (including phenoxy) is 1. The van der Waals surface area contributed by atoms with Crippen molar-refractivity contribution in [1.82, 2.24) is 0 Å². The first-order valence-electron chi connectivity index (χ1n) is 3.52. The van der Waals surface area contributed by atoms with Gasteiger partial charge in [0.1, 0.15) is 0 Å². The van der Waals surface area contributed by atoms with Crippen molar-refractivity contribution in [3.05, 3.63) is 12.2 Å². The Balaban J connectivity index is 2.52. The van der Waals surface area contributed by atoms with E-state index in [1.165, 1.54) is 5.57 Å². The third-order valence-corrected chi connectivity index (χ3v) is 2.07. The van der Waals surface area contributed by atoms with Crippen LogP contribution in [0.4, 0.5) is 0 Å². The van der Waals surface area contributed by atoms with Crippen LogP contribution in [0.2, 0.25) is 0 Å². The second kappa shape index (κ2) is 2.53. The maximum absolute atomic E-state index is 5.36. The summed E-state index contributed by atoms with van der Waals surface area (Å²) >= 11 is 0. The van der Waals surface area contributed by atoms with Gasteiger partial charge in [-0.2, -0.15) is 0 Å². The highest BCUT2D eigenvalue weighted by Crippen LogP contribution is 2.23. The highest BCUT2D eigenvalue weighted by molar-refractivity contribution is 5.06. The molecule has 0 aromatic heterocycles. The molecular weight excluding hydrogens is 112 g/mol. The van der Waals surface area contributed by atoms with Gasteiger partial charge in [0, 0.05) is 6.61 Å². The van der Waals surface area contributed by atoms with Crippen molar-refractivity contribution in [1.29, 1.82) is 0 Å². The van der Waals surface area contributed by atoms with E-state index in [9.17, 15) is 0 Å². The van der Waals surface area contributed by atoms with Crippen LogP contribution >= 0.6 is 0 Å². The number of rotatable bonds is 0. The fourth-order valence-corrected chi connectivity index (χ4v) is 1.11. The van der Waals surface area contributed by atoms with Crippen LogP contribution in [-0.2, 0) is 4.74 Å². The molecule has 1 saturated heterocycles. The highest BCUT2D eigenvalue weighted by atomic mass is 16.5. The molecule has 1 aliphatic rings. The Morgan fingerprint density at radius 1 is 1.56 bits per heavy atom. The zero-order chi connectivity index (χ0) is 6.85. The van der Waals surface area contributed by atoms with Gasteiger partial charge < -0.3 is 4.74 Å². The van der Waals surface area contributed by atoms with E-state index < -0.39 is 0 Å². The first-order valence-corrected chi connectivity index (χ1v) is 3.52. The summed E-state index contributed by atoms with van der Waals surface area (Å²) in [5.74, 6) is 0.661. The SMILES string of the molecule is C=C1[C@H](C)CCO[C@H]1C. The standard InChI is InChI=1S/C8H14O/c1-6-4-5-9-8(3)7(6)2/h6,8H,2,4-5H2,1,3H3/t6-,8+/m1/s1. The van der Waals surface area contributed by atoms with Crippen LogP contribution in [0.5, 0.6) is 0 Å². The molecule has 1 heterocycles. The monoisotopic (exact) mass is 126 g/mol. The van der Waals surface area contributed by atoms with Crippen molar-refractivity contribution in [2.75, 3.05) is 6.61 Å². The normalized spacial score (nSPS) is 36.9. The summed E-state index contributed by atoms with van der Waals surface area (Å²) in [6, 6.07) is 0. The lowest BCUT2D eigenvalue weighted by atomic mass is 9.93. The van der Waals surface area contributed by atoms with E-state index in [-0.39, 0.29) is 6.10 Å². The van der Waals surface area contributed by atoms with Gasteiger partial charge in [-0.15, -0.1) is 0 Å². The molecule has 1 fully saturated rings. The van der Waals surface area contributed by atoms with Crippen molar-refractivity contribution < 1.29 is 4.74 Å². The molecule has 52 valence electrons. The predicted molar refractivity (Wildman–Crippen MR) is 38.3 cm³/mol. The molecule has 2 atom stereocenters. The molecule has 0 aromatic carbocycles. The van der Waals surface area contributed by atoms with E-state index in [1.807, 2.05) is 0 Å². The van der Waals surface area contributed by atoms with Crippen LogP contribution < -0.4 is 0 Å². The lowest BCUT2D eigenvalue weighted by Crippen LogP contribution is -2.23. The summed E-state index contributed by atoms with van der Waals surface area (Å²) in [7, 11) is 0. The molecule has 1 nitrogen and oxygen atoms in total. The van der Waals surface area contributed by atoms with Crippen LogP contribution in [0.25, 0.3) is 0 Å². The van der Waals surface area contributed by atoms with Crippen LogP contribution in [0.3, 0.4) is 0 Å².